The SMILES string of the molecule is CS(=O)CCNC(=O)c1n[nH]c2ccc(N)cc12. The summed E-state index contributed by atoms with van der Waals surface area (Å²) < 4.78 is 10.9. The molecule has 0 spiro atoms. The topological polar surface area (TPSA) is 101 Å². The molecule has 1 aromatic carbocycles. The number of fused-ring (bicyclic) bond motifs is 1. The van der Waals surface area contributed by atoms with Crippen LogP contribution < -0.4 is 11.1 Å². The molecule has 1 atom stereocenters. The molecule has 2 rings (SSSR count). The van der Waals surface area contributed by atoms with Crippen molar-refractivity contribution in [3.63, 3.8) is 0 Å². The Labute approximate surface area is 106 Å². The largest absolute Gasteiger partial charge is 0.399 e. The third-order valence-corrected chi connectivity index (χ3v) is 3.26. The summed E-state index contributed by atoms with van der Waals surface area (Å²) in [7, 11) is -0.923. The first-order valence-electron chi connectivity index (χ1n) is 5.40. The van der Waals surface area contributed by atoms with Crippen molar-refractivity contribution in [1.82, 2.24) is 15.5 Å². The Morgan fingerprint density at radius 2 is 2.33 bits per heavy atom. The summed E-state index contributed by atoms with van der Waals surface area (Å²) in [5.74, 6) is 0.133. The van der Waals surface area contributed by atoms with Crippen LogP contribution in [-0.4, -0.2) is 38.9 Å². The van der Waals surface area contributed by atoms with Gasteiger partial charge in [0.05, 0.1) is 5.52 Å². The van der Waals surface area contributed by atoms with E-state index in [2.05, 4.69) is 15.5 Å². The van der Waals surface area contributed by atoms with E-state index in [1.807, 2.05) is 0 Å². The smallest absolute Gasteiger partial charge is 0.272 e. The molecular weight excluding hydrogens is 252 g/mol. The first-order valence-corrected chi connectivity index (χ1v) is 7.12. The standard InChI is InChI=1S/C11H14N4O2S/c1-18(17)5-4-13-11(16)10-8-6-7(12)2-3-9(8)14-15-10/h2-3,6H,4-5,12H2,1H3,(H,13,16)(H,14,15). The van der Waals surface area contributed by atoms with Crippen LogP contribution in [0.2, 0.25) is 0 Å². The van der Waals surface area contributed by atoms with Crippen LogP contribution in [0.1, 0.15) is 10.5 Å². The molecule has 1 unspecified atom stereocenters. The molecule has 4 N–H and O–H groups in total. The van der Waals surface area contributed by atoms with Crippen LogP contribution >= 0.6 is 0 Å². The minimum Gasteiger partial charge on any atom is -0.399 e. The fourth-order valence-electron chi connectivity index (χ4n) is 1.60. The van der Waals surface area contributed by atoms with Crippen LogP contribution in [0.25, 0.3) is 10.9 Å². The van der Waals surface area contributed by atoms with Crippen LogP contribution in [-0.2, 0) is 10.8 Å². The zero-order valence-corrected chi connectivity index (χ0v) is 10.7. The summed E-state index contributed by atoms with van der Waals surface area (Å²) in [6, 6.07) is 5.21. The molecule has 96 valence electrons. The van der Waals surface area contributed by atoms with Crippen LogP contribution in [0.15, 0.2) is 18.2 Å². The van der Waals surface area contributed by atoms with E-state index in [0.29, 0.717) is 29.1 Å². The Kier molecular flexibility index (Phi) is 3.61. The lowest BCUT2D eigenvalue weighted by Crippen LogP contribution is -2.27. The highest BCUT2D eigenvalue weighted by Crippen LogP contribution is 2.18. The van der Waals surface area contributed by atoms with Gasteiger partial charge in [0.25, 0.3) is 5.91 Å². The molecule has 1 amide bonds. The number of carbonyl (C=O) groups excluding carboxylic acids is 1. The lowest BCUT2D eigenvalue weighted by molar-refractivity contribution is 0.0953. The minimum atomic E-state index is -0.923. The van der Waals surface area contributed by atoms with Gasteiger partial charge in [-0.3, -0.25) is 14.1 Å². The number of rotatable bonds is 4. The summed E-state index contributed by atoms with van der Waals surface area (Å²) in [6.45, 7) is 0.360. The maximum Gasteiger partial charge on any atom is 0.272 e. The second-order valence-corrected chi connectivity index (χ2v) is 5.47. The predicted octanol–water partition coefficient (Wildman–Crippen LogP) is 0.253. The highest BCUT2D eigenvalue weighted by atomic mass is 32.2. The normalized spacial score (nSPS) is 12.5. The molecule has 0 aliphatic carbocycles. The van der Waals surface area contributed by atoms with Gasteiger partial charge in [-0.2, -0.15) is 5.10 Å². The number of amides is 1. The van der Waals surface area contributed by atoms with Crippen LogP contribution in [0.3, 0.4) is 0 Å². The first kappa shape index (κ1) is 12.6. The van der Waals surface area contributed by atoms with Gasteiger partial charge in [0.15, 0.2) is 5.69 Å². The molecule has 1 aromatic heterocycles. The van der Waals surface area contributed by atoms with Gasteiger partial charge >= 0.3 is 0 Å². The van der Waals surface area contributed by atoms with Crippen molar-refractivity contribution in [1.29, 1.82) is 0 Å². The van der Waals surface area contributed by atoms with Gasteiger partial charge in [0, 0.05) is 40.4 Å². The third-order valence-electron chi connectivity index (χ3n) is 2.48. The van der Waals surface area contributed by atoms with Crippen molar-refractivity contribution in [2.45, 2.75) is 0 Å². The molecule has 7 heteroatoms. The van der Waals surface area contributed by atoms with Crippen molar-refractivity contribution in [3.8, 4) is 0 Å². The number of nitrogens with zero attached hydrogens (tertiary/aromatic N) is 1. The van der Waals surface area contributed by atoms with E-state index >= 15 is 0 Å². The number of aromatic nitrogens is 2. The van der Waals surface area contributed by atoms with Crippen molar-refractivity contribution < 1.29 is 9.00 Å². The van der Waals surface area contributed by atoms with E-state index in [1.165, 1.54) is 0 Å². The zero-order chi connectivity index (χ0) is 13.1. The second-order valence-electron chi connectivity index (χ2n) is 3.91. The van der Waals surface area contributed by atoms with Gasteiger partial charge in [-0.15, -0.1) is 0 Å². The van der Waals surface area contributed by atoms with Gasteiger partial charge < -0.3 is 11.1 Å². The van der Waals surface area contributed by atoms with E-state index in [-0.39, 0.29) is 5.91 Å². The molecule has 1 heterocycles. The molecular formula is C11H14N4O2S. The second kappa shape index (κ2) is 5.18. The van der Waals surface area contributed by atoms with Crippen molar-refractivity contribution >= 4 is 33.3 Å². The van der Waals surface area contributed by atoms with Gasteiger partial charge in [-0.25, -0.2) is 0 Å². The zero-order valence-electron chi connectivity index (χ0n) is 9.90. The van der Waals surface area contributed by atoms with E-state index in [9.17, 15) is 9.00 Å². The molecule has 0 bridgehead atoms. The van der Waals surface area contributed by atoms with Gasteiger partial charge in [-0.05, 0) is 18.2 Å². The molecule has 0 radical (unpaired) electrons. The number of carbonyl (C=O) groups is 1. The summed E-state index contributed by atoms with van der Waals surface area (Å²) in [5, 5.41) is 10.1. The predicted molar refractivity (Wildman–Crippen MR) is 71.8 cm³/mol. The number of nitrogen functional groups attached to an aromatic ring is 1. The molecule has 0 saturated heterocycles. The Morgan fingerprint density at radius 3 is 3.06 bits per heavy atom. The summed E-state index contributed by atoms with van der Waals surface area (Å²) >= 11 is 0. The van der Waals surface area contributed by atoms with Gasteiger partial charge in [0.2, 0.25) is 0 Å². The summed E-state index contributed by atoms with van der Waals surface area (Å²) in [5.41, 5.74) is 7.32. The van der Waals surface area contributed by atoms with Gasteiger partial charge in [0.1, 0.15) is 0 Å². The molecule has 0 aliphatic heterocycles. The molecule has 6 nitrogen and oxygen atoms in total. The Morgan fingerprint density at radius 1 is 1.56 bits per heavy atom. The molecule has 0 saturated carbocycles. The molecule has 2 aromatic rings. The Balaban J connectivity index is 2.17. The van der Waals surface area contributed by atoms with Crippen LogP contribution in [0.5, 0.6) is 0 Å². The fraction of sp³-hybridized carbons (Fsp3) is 0.273. The number of hydrogen-bond acceptors (Lipinski definition) is 4. The van der Waals surface area contributed by atoms with Crippen LogP contribution in [0, 0.1) is 0 Å². The number of anilines is 1. The van der Waals surface area contributed by atoms with Crippen molar-refractivity contribution in [2.75, 3.05) is 24.3 Å². The highest BCUT2D eigenvalue weighted by Gasteiger charge is 2.13. The number of nitrogens with two attached hydrogens (primary N) is 1. The van der Waals surface area contributed by atoms with E-state index < -0.39 is 10.8 Å². The Bertz CT molecular complexity index is 608. The average molecular weight is 266 g/mol. The lowest BCUT2D eigenvalue weighted by atomic mass is 10.2. The summed E-state index contributed by atoms with van der Waals surface area (Å²) in [4.78, 5) is 11.9. The maximum absolute atomic E-state index is 11.9. The Hall–Kier alpha value is -1.89. The van der Waals surface area contributed by atoms with E-state index in [0.717, 1.165) is 5.52 Å². The highest BCUT2D eigenvalue weighted by molar-refractivity contribution is 7.84. The van der Waals surface area contributed by atoms with Crippen molar-refractivity contribution in [3.05, 3.63) is 23.9 Å². The molecule has 0 aliphatic rings. The quantitative estimate of drug-likeness (QED) is 0.691. The fourth-order valence-corrected chi connectivity index (χ4v) is 1.99. The number of hydrogen-bond donors (Lipinski definition) is 3. The van der Waals surface area contributed by atoms with Crippen molar-refractivity contribution in [2.24, 2.45) is 0 Å². The first-order chi connectivity index (χ1) is 8.58. The maximum atomic E-state index is 11.9. The molecule has 0 fully saturated rings. The molecule has 18 heavy (non-hydrogen) atoms. The number of H-pyrrole nitrogens is 1. The summed E-state index contributed by atoms with van der Waals surface area (Å²) in [6.07, 6.45) is 1.59. The monoisotopic (exact) mass is 266 g/mol. The number of benzene rings is 1. The average Bonchev–Trinajstić information content (AvgIpc) is 2.71. The van der Waals surface area contributed by atoms with E-state index in [4.69, 9.17) is 5.73 Å². The minimum absolute atomic E-state index is 0.294. The van der Waals surface area contributed by atoms with Gasteiger partial charge in [-0.1, -0.05) is 0 Å². The third kappa shape index (κ3) is 2.67. The number of aromatic amines is 1. The van der Waals surface area contributed by atoms with E-state index in [1.54, 1.807) is 24.5 Å². The lowest BCUT2D eigenvalue weighted by Gasteiger charge is -2.01. The number of nitrogens with one attached hydrogen (secondary N) is 2. The van der Waals surface area contributed by atoms with Crippen LogP contribution in [0.4, 0.5) is 5.69 Å².